The zero-order chi connectivity index (χ0) is 25.2. The number of nitrogens with one attached hydrogen (secondary N) is 3. The predicted octanol–water partition coefficient (Wildman–Crippen LogP) is 5.37. The third-order valence-electron chi connectivity index (χ3n) is 5.28. The van der Waals surface area contributed by atoms with Crippen LogP contribution >= 0.6 is 22.9 Å². The zero-order valence-corrected chi connectivity index (χ0v) is 20.5. The minimum atomic E-state index is -1.06. The number of thiazole rings is 1. The molecule has 4 rings (SSSR count). The van der Waals surface area contributed by atoms with Crippen LogP contribution in [0.25, 0.3) is 21.1 Å². The van der Waals surface area contributed by atoms with E-state index in [-0.39, 0.29) is 18.9 Å². The number of fused-ring (bicyclic) bond motifs is 3. The van der Waals surface area contributed by atoms with E-state index in [9.17, 15) is 14.0 Å². The summed E-state index contributed by atoms with van der Waals surface area (Å²) in [6, 6.07) is 6.66. The van der Waals surface area contributed by atoms with Crippen LogP contribution in [0.5, 0.6) is 5.75 Å². The Bertz CT molecular complexity index is 1400. The largest absolute Gasteiger partial charge is 0.492 e. The fraction of sp³-hybridized carbons (Fsp3) is 0.304. The third-order valence-corrected chi connectivity index (χ3v) is 6.59. The van der Waals surface area contributed by atoms with Crippen molar-refractivity contribution in [3.63, 3.8) is 0 Å². The summed E-state index contributed by atoms with van der Waals surface area (Å²) in [6.07, 6.45) is 1.99. The average molecular weight is 520 g/mol. The van der Waals surface area contributed by atoms with Crippen LogP contribution in [-0.2, 0) is 16.3 Å². The molecule has 35 heavy (non-hydrogen) atoms. The van der Waals surface area contributed by atoms with Gasteiger partial charge < -0.3 is 15.2 Å². The van der Waals surface area contributed by atoms with Crippen LogP contribution in [0, 0.1) is 0 Å². The number of halogens is 2. The summed E-state index contributed by atoms with van der Waals surface area (Å²) >= 11 is 7.44. The quantitative estimate of drug-likeness (QED) is 0.207. The maximum atomic E-state index is 13.6. The lowest BCUT2D eigenvalue weighted by atomic mass is 10.0. The van der Waals surface area contributed by atoms with Crippen LogP contribution in [0.2, 0.25) is 5.02 Å². The number of aromatic amines is 1. The second-order valence-corrected chi connectivity index (χ2v) is 9.80. The number of carboxylic acids is 1. The summed E-state index contributed by atoms with van der Waals surface area (Å²) in [7, 11) is 0. The first kappa shape index (κ1) is 24.7. The van der Waals surface area contributed by atoms with Gasteiger partial charge in [0.05, 0.1) is 33.6 Å². The number of nitrogens with zero attached hydrogens (tertiary/aromatic N) is 2. The van der Waals surface area contributed by atoms with Gasteiger partial charge in [-0.2, -0.15) is 5.10 Å². The Morgan fingerprint density at radius 2 is 2.11 bits per heavy atom. The van der Waals surface area contributed by atoms with Crippen molar-refractivity contribution >= 4 is 66.8 Å². The first-order valence-corrected chi connectivity index (χ1v) is 11.9. The molecule has 0 spiro atoms. The van der Waals surface area contributed by atoms with E-state index in [0.717, 1.165) is 10.1 Å². The number of ether oxygens (including phenoxy) is 1. The van der Waals surface area contributed by atoms with Crippen molar-refractivity contribution in [3.8, 4) is 5.75 Å². The van der Waals surface area contributed by atoms with Gasteiger partial charge in [-0.3, -0.25) is 20.0 Å². The summed E-state index contributed by atoms with van der Waals surface area (Å²) in [5.74, 6) is -0.862. The van der Waals surface area contributed by atoms with E-state index in [1.807, 2.05) is 0 Å². The number of hydrogen-bond donors (Lipinski definition) is 4. The molecule has 2 aromatic carbocycles. The Kier molecular flexibility index (Phi) is 7.08. The van der Waals surface area contributed by atoms with Crippen molar-refractivity contribution < 1.29 is 23.8 Å². The fourth-order valence-corrected chi connectivity index (χ4v) is 4.67. The summed E-state index contributed by atoms with van der Waals surface area (Å²) in [6.45, 7) is 2.92. The molecule has 0 unspecified atom stereocenters. The lowest BCUT2D eigenvalue weighted by Crippen LogP contribution is -2.44. The molecule has 0 saturated heterocycles. The van der Waals surface area contributed by atoms with Gasteiger partial charge in [0.2, 0.25) is 0 Å². The number of hydrogen-bond acceptors (Lipinski definition) is 7. The van der Waals surface area contributed by atoms with E-state index in [1.54, 1.807) is 44.3 Å². The Hall–Kier alpha value is -3.44. The molecule has 9 nitrogen and oxygen atoms in total. The molecule has 1 amide bonds. The van der Waals surface area contributed by atoms with E-state index >= 15 is 0 Å². The molecule has 4 N–H and O–H groups in total. The molecule has 2 heterocycles. The standard InChI is InChI=1S/C23H23ClFN5O4S/c1-23(2,29-13-5-6-15(24)17(9-13)34-7-3-4-18(31)32)21(33)28-22-27-19-12(10-25)8-16-14(11-26-30-16)20(19)35-22/h5-6,8-9,11,29H,3-4,7,10H2,1-2H3,(H,26,30)(H,31,32)(H,27,28,33). The lowest BCUT2D eigenvalue weighted by molar-refractivity contribution is -0.137. The van der Waals surface area contributed by atoms with Gasteiger partial charge in [-0.1, -0.05) is 22.9 Å². The highest BCUT2D eigenvalue weighted by molar-refractivity contribution is 7.23. The molecule has 0 aliphatic carbocycles. The molecule has 184 valence electrons. The second kappa shape index (κ2) is 10.0. The summed E-state index contributed by atoms with van der Waals surface area (Å²) in [5, 5.41) is 23.1. The molecule has 0 atom stereocenters. The molecule has 2 aromatic heterocycles. The van der Waals surface area contributed by atoms with Crippen molar-refractivity contribution in [2.45, 2.75) is 38.9 Å². The fourth-order valence-electron chi connectivity index (χ4n) is 3.47. The van der Waals surface area contributed by atoms with E-state index in [1.165, 1.54) is 11.3 Å². The Morgan fingerprint density at radius 3 is 2.86 bits per heavy atom. The van der Waals surface area contributed by atoms with Crippen LogP contribution in [0.1, 0.15) is 32.3 Å². The SMILES string of the molecule is CC(C)(Nc1ccc(Cl)c(OCCCC(=O)O)c1)C(=O)Nc1nc2c(CF)cc3[nH]ncc3c2s1. The van der Waals surface area contributed by atoms with Crippen molar-refractivity contribution in [3.05, 3.63) is 41.0 Å². The first-order valence-electron chi connectivity index (χ1n) is 10.7. The summed E-state index contributed by atoms with van der Waals surface area (Å²) < 4.78 is 19.9. The molecule has 0 bridgehead atoms. The first-order chi connectivity index (χ1) is 16.7. The molecule has 0 aliphatic rings. The number of carbonyl (C=O) groups is 2. The van der Waals surface area contributed by atoms with Gasteiger partial charge in [-0.05, 0) is 38.5 Å². The number of amides is 1. The van der Waals surface area contributed by atoms with Crippen LogP contribution in [0.4, 0.5) is 15.2 Å². The highest BCUT2D eigenvalue weighted by atomic mass is 35.5. The zero-order valence-electron chi connectivity index (χ0n) is 18.9. The van der Waals surface area contributed by atoms with Crippen molar-refractivity contribution in [2.24, 2.45) is 0 Å². The molecule has 12 heteroatoms. The number of rotatable bonds is 10. The van der Waals surface area contributed by atoms with Gasteiger partial charge in [0.25, 0.3) is 5.91 Å². The van der Waals surface area contributed by atoms with E-state index in [4.69, 9.17) is 21.4 Å². The Labute approximate surface area is 208 Å². The number of anilines is 2. The Morgan fingerprint density at radius 1 is 1.31 bits per heavy atom. The molecule has 0 fully saturated rings. The number of H-pyrrole nitrogens is 1. The lowest BCUT2D eigenvalue weighted by Gasteiger charge is -2.26. The van der Waals surface area contributed by atoms with Gasteiger partial charge in [-0.15, -0.1) is 0 Å². The van der Waals surface area contributed by atoms with E-state index in [0.29, 0.717) is 44.6 Å². The maximum Gasteiger partial charge on any atom is 0.303 e. The molecule has 0 radical (unpaired) electrons. The van der Waals surface area contributed by atoms with E-state index in [2.05, 4.69) is 25.8 Å². The molecule has 4 aromatic rings. The molecule has 0 aliphatic heterocycles. The highest BCUT2D eigenvalue weighted by Gasteiger charge is 2.29. The number of benzene rings is 2. The van der Waals surface area contributed by atoms with Crippen LogP contribution in [0.15, 0.2) is 30.5 Å². The topological polar surface area (TPSA) is 129 Å². The molecular formula is C23H23ClFN5O4S. The minimum absolute atomic E-state index is 0.00648. The van der Waals surface area contributed by atoms with Gasteiger partial charge >= 0.3 is 5.97 Å². The predicted molar refractivity (Wildman–Crippen MR) is 134 cm³/mol. The van der Waals surface area contributed by atoms with Gasteiger partial charge in [0.1, 0.15) is 18.0 Å². The van der Waals surface area contributed by atoms with Crippen molar-refractivity contribution in [2.75, 3.05) is 17.2 Å². The third kappa shape index (κ3) is 5.46. The van der Waals surface area contributed by atoms with E-state index < -0.39 is 18.2 Å². The minimum Gasteiger partial charge on any atom is -0.492 e. The normalized spacial score (nSPS) is 11.7. The highest BCUT2D eigenvalue weighted by Crippen LogP contribution is 2.35. The van der Waals surface area contributed by atoms with Crippen molar-refractivity contribution in [1.82, 2.24) is 15.2 Å². The summed E-state index contributed by atoms with van der Waals surface area (Å²) in [5.41, 5.74) is 1.15. The second-order valence-electron chi connectivity index (χ2n) is 8.39. The molecular weight excluding hydrogens is 497 g/mol. The van der Waals surface area contributed by atoms with Gasteiger partial charge in [-0.25, -0.2) is 9.37 Å². The number of aliphatic carboxylic acids is 1. The summed E-state index contributed by atoms with van der Waals surface area (Å²) in [4.78, 5) is 28.2. The number of carboxylic acid groups (broad SMARTS) is 1. The van der Waals surface area contributed by atoms with Crippen LogP contribution in [-0.4, -0.2) is 44.3 Å². The monoisotopic (exact) mass is 519 g/mol. The van der Waals surface area contributed by atoms with Crippen LogP contribution < -0.4 is 15.4 Å². The number of carbonyl (C=O) groups excluding carboxylic acids is 1. The van der Waals surface area contributed by atoms with Crippen molar-refractivity contribution in [1.29, 1.82) is 0 Å². The maximum absolute atomic E-state index is 13.6. The number of alkyl halides is 1. The van der Waals surface area contributed by atoms with Crippen LogP contribution in [0.3, 0.4) is 0 Å². The molecule has 0 saturated carbocycles. The Balaban J connectivity index is 1.48. The number of aromatic nitrogens is 3. The van der Waals surface area contributed by atoms with Gasteiger partial charge in [0, 0.05) is 29.1 Å². The van der Waals surface area contributed by atoms with Gasteiger partial charge in [0.15, 0.2) is 5.13 Å². The average Bonchev–Trinajstić information content (AvgIpc) is 3.44. The smallest absolute Gasteiger partial charge is 0.303 e.